The molecule has 0 aliphatic heterocycles. The second-order valence-electron chi connectivity index (χ2n) is 5.17. The van der Waals surface area contributed by atoms with Crippen LogP contribution in [0.4, 0.5) is 5.69 Å². The van der Waals surface area contributed by atoms with Crippen molar-refractivity contribution in [2.24, 2.45) is 0 Å². The zero-order valence-corrected chi connectivity index (χ0v) is 11.8. The van der Waals surface area contributed by atoms with E-state index in [2.05, 4.69) is 17.1 Å². The molecule has 3 nitrogen and oxygen atoms in total. The summed E-state index contributed by atoms with van der Waals surface area (Å²) in [6, 6.07) is 23.9. The molecule has 102 valence electrons. The standard InChI is InChI=1S/C19H12N3/c20-22-14-11-9-13(10-12-14)19-15-5-1-3-7-17(15)21-18-8-4-2-6-16(18)19/h1-12H/q+1. The van der Waals surface area contributed by atoms with Crippen molar-refractivity contribution >= 4 is 27.5 Å². The van der Waals surface area contributed by atoms with E-state index in [0.717, 1.165) is 32.9 Å². The lowest BCUT2D eigenvalue weighted by molar-refractivity contribution is 1.46. The third kappa shape index (κ3) is 1.90. The van der Waals surface area contributed by atoms with Crippen molar-refractivity contribution in [2.75, 3.05) is 0 Å². The van der Waals surface area contributed by atoms with Crippen LogP contribution in [-0.4, -0.2) is 4.98 Å². The van der Waals surface area contributed by atoms with Gasteiger partial charge in [-0.2, -0.15) is 0 Å². The van der Waals surface area contributed by atoms with Gasteiger partial charge in [-0.05, 0) is 29.8 Å². The number of pyridine rings is 1. The van der Waals surface area contributed by atoms with Gasteiger partial charge in [0.2, 0.25) is 5.39 Å². The fraction of sp³-hybridized carbons (Fsp3) is 0. The lowest BCUT2D eigenvalue weighted by atomic mass is 9.96. The first-order valence-corrected chi connectivity index (χ1v) is 7.10. The summed E-state index contributed by atoms with van der Waals surface area (Å²) in [4.78, 5) is 7.96. The zero-order chi connectivity index (χ0) is 14.9. The van der Waals surface area contributed by atoms with Gasteiger partial charge in [-0.25, -0.2) is 4.98 Å². The van der Waals surface area contributed by atoms with Gasteiger partial charge < -0.3 is 0 Å². The number of benzene rings is 3. The van der Waals surface area contributed by atoms with Crippen molar-refractivity contribution in [1.29, 1.82) is 5.39 Å². The Bertz CT molecular complexity index is 974. The molecule has 0 radical (unpaired) electrons. The minimum atomic E-state index is 0.548. The molecule has 3 aromatic carbocycles. The van der Waals surface area contributed by atoms with Crippen LogP contribution in [0.15, 0.2) is 72.8 Å². The normalized spacial score (nSPS) is 10.7. The SMILES string of the molecule is N#[N+]c1ccc(-c2c3ccccc3nc3ccccc23)cc1. The largest absolute Gasteiger partial charge is 0.385 e. The van der Waals surface area contributed by atoms with Crippen molar-refractivity contribution in [3.63, 3.8) is 0 Å². The van der Waals surface area contributed by atoms with Crippen LogP contribution in [0.2, 0.25) is 0 Å². The molecule has 0 aliphatic carbocycles. The molecule has 0 unspecified atom stereocenters. The summed E-state index contributed by atoms with van der Waals surface area (Å²) in [7, 11) is 0. The van der Waals surface area contributed by atoms with Crippen LogP contribution in [0.5, 0.6) is 0 Å². The molecule has 22 heavy (non-hydrogen) atoms. The maximum atomic E-state index is 8.86. The lowest BCUT2D eigenvalue weighted by Gasteiger charge is -2.10. The average molecular weight is 282 g/mol. The number of nitrogens with zero attached hydrogens (tertiary/aromatic N) is 3. The molecule has 4 aromatic rings. The molecular weight excluding hydrogens is 270 g/mol. The Hall–Kier alpha value is -3.25. The maximum Gasteiger partial charge on any atom is 0.385 e. The minimum absolute atomic E-state index is 0.548. The Morgan fingerprint density at radius 1 is 0.682 bits per heavy atom. The number of hydrogen-bond acceptors (Lipinski definition) is 2. The molecular formula is C19H12N3+. The summed E-state index contributed by atoms with van der Waals surface area (Å²) in [5.74, 6) is 0. The zero-order valence-electron chi connectivity index (χ0n) is 11.8. The number of para-hydroxylation sites is 2. The number of rotatable bonds is 1. The molecule has 1 aromatic heterocycles. The van der Waals surface area contributed by atoms with Crippen LogP contribution < -0.4 is 0 Å². The van der Waals surface area contributed by atoms with Gasteiger partial charge in [0.25, 0.3) is 0 Å². The second kappa shape index (κ2) is 4.94. The summed E-state index contributed by atoms with van der Waals surface area (Å²) >= 11 is 0. The van der Waals surface area contributed by atoms with E-state index in [1.54, 1.807) is 12.1 Å². The van der Waals surface area contributed by atoms with E-state index in [-0.39, 0.29) is 0 Å². The maximum absolute atomic E-state index is 8.86. The Kier molecular flexibility index (Phi) is 2.80. The molecule has 0 aliphatic rings. The van der Waals surface area contributed by atoms with Gasteiger partial charge in [0.05, 0.1) is 11.0 Å². The van der Waals surface area contributed by atoms with E-state index >= 15 is 0 Å². The monoisotopic (exact) mass is 282 g/mol. The summed E-state index contributed by atoms with van der Waals surface area (Å²) in [6.07, 6.45) is 0. The molecule has 0 bridgehead atoms. The molecule has 0 saturated heterocycles. The summed E-state index contributed by atoms with van der Waals surface area (Å²) in [6.45, 7) is 0. The van der Waals surface area contributed by atoms with Crippen LogP contribution >= 0.6 is 0 Å². The van der Waals surface area contributed by atoms with Crippen LogP contribution in [0.25, 0.3) is 37.9 Å². The molecule has 1 heterocycles. The quantitative estimate of drug-likeness (QED) is 0.340. The minimum Gasteiger partial charge on any atom is -0.248 e. The number of aromatic nitrogens is 1. The highest BCUT2D eigenvalue weighted by Crippen LogP contribution is 2.35. The topological polar surface area (TPSA) is 41.0 Å². The van der Waals surface area contributed by atoms with Crippen molar-refractivity contribution in [3.05, 3.63) is 77.8 Å². The average Bonchev–Trinajstić information content (AvgIpc) is 2.60. The van der Waals surface area contributed by atoms with Gasteiger partial charge in [-0.1, -0.05) is 36.4 Å². The highest BCUT2D eigenvalue weighted by atomic mass is 14.8. The summed E-state index contributed by atoms with van der Waals surface area (Å²) in [5.41, 5.74) is 4.75. The first-order chi connectivity index (χ1) is 10.9. The molecule has 0 fully saturated rings. The fourth-order valence-electron chi connectivity index (χ4n) is 2.85. The highest BCUT2D eigenvalue weighted by molar-refractivity contribution is 6.09. The summed E-state index contributed by atoms with van der Waals surface area (Å²) in [5, 5.41) is 11.1. The lowest BCUT2D eigenvalue weighted by Crippen LogP contribution is -1.88. The van der Waals surface area contributed by atoms with Crippen molar-refractivity contribution in [3.8, 4) is 11.1 Å². The smallest absolute Gasteiger partial charge is 0.248 e. The Morgan fingerprint density at radius 3 is 1.77 bits per heavy atom. The highest BCUT2D eigenvalue weighted by Gasteiger charge is 2.12. The van der Waals surface area contributed by atoms with Crippen molar-refractivity contribution < 1.29 is 0 Å². The van der Waals surface area contributed by atoms with Gasteiger partial charge in [0.1, 0.15) is 0 Å². The number of hydrogen-bond donors (Lipinski definition) is 0. The van der Waals surface area contributed by atoms with E-state index in [9.17, 15) is 0 Å². The molecule has 0 spiro atoms. The van der Waals surface area contributed by atoms with E-state index in [1.807, 2.05) is 48.5 Å². The second-order valence-corrected chi connectivity index (χ2v) is 5.17. The van der Waals surface area contributed by atoms with Gasteiger partial charge in [-0.3, -0.25) is 0 Å². The van der Waals surface area contributed by atoms with Crippen LogP contribution in [0, 0.1) is 5.39 Å². The van der Waals surface area contributed by atoms with E-state index in [1.165, 1.54) is 0 Å². The van der Waals surface area contributed by atoms with E-state index in [0.29, 0.717) is 5.69 Å². The first kappa shape index (κ1) is 12.5. The van der Waals surface area contributed by atoms with Crippen molar-refractivity contribution in [1.82, 2.24) is 4.98 Å². The molecule has 0 atom stereocenters. The molecule has 0 N–H and O–H groups in total. The number of fused-ring (bicyclic) bond motifs is 2. The summed E-state index contributed by atoms with van der Waals surface area (Å²) < 4.78 is 0. The first-order valence-electron chi connectivity index (χ1n) is 7.10. The van der Waals surface area contributed by atoms with Crippen molar-refractivity contribution in [2.45, 2.75) is 0 Å². The molecule has 0 saturated carbocycles. The predicted molar refractivity (Wildman–Crippen MR) is 89.4 cm³/mol. The van der Waals surface area contributed by atoms with Crippen LogP contribution in [0.3, 0.4) is 0 Å². The van der Waals surface area contributed by atoms with Gasteiger partial charge in [0, 0.05) is 28.5 Å². The molecule has 4 rings (SSSR count). The fourth-order valence-corrected chi connectivity index (χ4v) is 2.85. The van der Waals surface area contributed by atoms with Crippen LogP contribution in [-0.2, 0) is 0 Å². The number of diazo groups is 1. The Labute approximate surface area is 127 Å². The van der Waals surface area contributed by atoms with Crippen LogP contribution in [0.1, 0.15) is 0 Å². The molecule has 0 amide bonds. The third-order valence-corrected chi connectivity index (χ3v) is 3.86. The molecule has 3 heteroatoms. The van der Waals surface area contributed by atoms with Gasteiger partial charge >= 0.3 is 5.69 Å². The van der Waals surface area contributed by atoms with Gasteiger partial charge in [0.15, 0.2) is 4.98 Å². The third-order valence-electron chi connectivity index (χ3n) is 3.86. The Morgan fingerprint density at radius 2 is 1.23 bits per heavy atom. The Balaban J connectivity index is 2.14. The van der Waals surface area contributed by atoms with E-state index in [4.69, 9.17) is 10.4 Å². The predicted octanol–water partition coefficient (Wildman–Crippen LogP) is 5.54. The van der Waals surface area contributed by atoms with E-state index < -0.39 is 0 Å². The van der Waals surface area contributed by atoms with Gasteiger partial charge in [-0.15, -0.1) is 0 Å².